The smallest absolute Gasteiger partial charge is 0.123 e. The van der Waals surface area contributed by atoms with Crippen LogP contribution in [0.15, 0.2) is 48.7 Å². The van der Waals surface area contributed by atoms with Crippen molar-refractivity contribution in [2.75, 3.05) is 6.54 Å². The van der Waals surface area contributed by atoms with E-state index in [0.29, 0.717) is 6.04 Å². The van der Waals surface area contributed by atoms with E-state index in [9.17, 15) is 4.39 Å². The maximum Gasteiger partial charge on any atom is 0.123 e. The van der Waals surface area contributed by atoms with E-state index in [0.717, 1.165) is 42.9 Å². The fourth-order valence-corrected chi connectivity index (χ4v) is 4.04. The zero-order chi connectivity index (χ0) is 18.8. The highest BCUT2D eigenvalue weighted by Crippen LogP contribution is 2.33. The Hall–Kier alpha value is -2.53. The number of rotatable bonds is 5. The molecule has 1 aliphatic heterocycles. The molecule has 1 aromatic carbocycles. The fraction of sp³-hybridized carbons (Fsp3) is 0.364. The van der Waals surface area contributed by atoms with Crippen LogP contribution in [0.2, 0.25) is 0 Å². The predicted octanol–water partition coefficient (Wildman–Crippen LogP) is 4.19. The molecule has 0 bridgehead atoms. The highest BCUT2D eigenvalue weighted by molar-refractivity contribution is 5.30. The number of aromatic nitrogens is 3. The molecular formula is C22H25FN4. The molecule has 4 nitrogen and oxygen atoms in total. The van der Waals surface area contributed by atoms with Gasteiger partial charge in [-0.15, -0.1) is 0 Å². The molecule has 0 unspecified atom stereocenters. The molecule has 5 heteroatoms. The summed E-state index contributed by atoms with van der Waals surface area (Å²) in [4.78, 5) is 7.33. The van der Waals surface area contributed by atoms with Gasteiger partial charge in [0.25, 0.3) is 0 Å². The molecule has 1 atom stereocenters. The van der Waals surface area contributed by atoms with Gasteiger partial charge in [-0.05, 0) is 74.2 Å². The molecule has 3 aromatic rings. The summed E-state index contributed by atoms with van der Waals surface area (Å²) in [5.41, 5.74) is 5.54. The highest BCUT2D eigenvalue weighted by atomic mass is 19.1. The summed E-state index contributed by atoms with van der Waals surface area (Å²) in [5.74, 6) is -0.184. The summed E-state index contributed by atoms with van der Waals surface area (Å²) in [5, 5.41) is 4.28. The number of nitrogens with zero attached hydrogens (tertiary/aromatic N) is 4. The minimum Gasteiger partial charge on any atom is -0.289 e. The fourth-order valence-electron chi connectivity index (χ4n) is 4.04. The first-order valence-corrected chi connectivity index (χ1v) is 9.51. The summed E-state index contributed by atoms with van der Waals surface area (Å²) in [7, 11) is 1.99. The molecule has 3 heterocycles. The van der Waals surface area contributed by atoms with Crippen molar-refractivity contribution in [1.82, 2.24) is 19.7 Å². The van der Waals surface area contributed by atoms with Gasteiger partial charge < -0.3 is 0 Å². The lowest BCUT2D eigenvalue weighted by atomic mass is 10.0. The maximum atomic E-state index is 13.5. The van der Waals surface area contributed by atoms with Gasteiger partial charge in [0.1, 0.15) is 5.82 Å². The van der Waals surface area contributed by atoms with E-state index in [-0.39, 0.29) is 5.82 Å². The van der Waals surface area contributed by atoms with Crippen LogP contribution in [-0.4, -0.2) is 26.2 Å². The van der Waals surface area contributed by atoms with Gasteiger partial charge in [-0.1, -0.05) is 12.1 Å². The molecule has 27 heavy (non-hydrogen) atoms. The summed E-state index contributed by atoms with van der Waals surface area (Å²) < 4.78 is 15.5. The third-order valence-electron chi connectivity index (χ3n) is 5.32. The van der Waals surface area contributed by atoms with Gasteiger partial charge in [0.2, 0.25) is 0 Å². The normalized spacial score (nSPS) is 17.5. The van der Waals surface area contributed by atoms with Gasteiger partial charge in [-0.2, -0.15) is 5.10 Å². The van der Waals surface area contributed by atoms with Crippen molar-refractivity contribution in [3.8, 4) is 0 Å². The van der Waals surface area contributed by atoms with E-state index < -0.39 is 0 Å². The van der Waals surface area contributed by atoms with Crippen molar-refractivity contribution in [3.05, 3.63) is 82.7 Å². The van der Waals surface area contributed by atoms with E-state index in [1.54, 1.807) is 12.1 Å². The number of aryl methyl sites for hydroxylation is 2. The summed E-state index contributed by atoms with van der Waals surface area (Å²) in [6.45, 7) is 4.00. The van der Waals surface area contributed by atoms with Crippen molar-refractivity contribution in [1.29, 1.82) is 0 Å². The van der Waals surface area contributed by atoms with Crippen molar-refractivity contribution >= 4 is 0 Å². The van der Waals surface area contributed by atoms with E-state index >= 15 is 0 Å². The van der Waals surface area contributed by atoms with Crippen molar-refractivity contribution < 1.29 is 4.39 Å². The zero-order valence-corrected chi connectivity index (χ0v) is 15.9. The lowest BCUT2D eigenvalue weighted by Crippen LogP contribution is -2.25. The predicted molar refractivity (Wildman–Crippen MR) is 104 cm³/mol. The Labute approximate surface area is 159 Å². The Morgan fingerprint density at radius 2 is 2.04 bits per heavy atom. The lowest BCUT2D eigenvalue weighted by molar-refractivity contribution is 0.238. The zero-order valence-electron chi connectivity index (χ0n) is 15.9. The van der Waals surface area contributed by atoms with E-state index in [4.69, 9.17) is 4.98 Å². The Morgan fingerprint density at radius 1 is 1.15 bits per heavy atom. The monoisotopic (exact) mass is 364 g/mol. The Bertz CT molecular complexity index is 934. The van der Waals surface area contributed by atoms with Crippen LogP contribution in [0, 0.1) is 12.7 Å². The SMILES string of the molecule is Cc1cc(Cc2cccc(F)c2)cc([C@H]2CCCN2Cc2ccnn2C)n1. The van der Waals surface area contributed by atoms with E-state index in [1.165, 1.54) is 23.7 Å². The first kappa shape index (κ1) is 17.9. The van der Waals surface area contributed by atoms with Crippen molar-refractivity contribution in [3.63, 3.8) is 0 Å². The van der Waals surface area contributed by atoms with Crippen LogP contribution >= 0.6 is 0 Å². The highest BCUT2D eigenvalue weighted by Gasteiger charge is 2.28. The molecule has 0 amide bonds. The second kappa shape index (κ2) is 7.61. The van der Waals surface area contributed by atoms with Crippen LogP contribution in [0.25, 0.3) is 0 Å². The number of benzene rings is 1. The third-order valence-corrected chi connectivity index (χ3v) is 5.32. The number of halogens is 1. The van der Waals surface area contributed by atoms with Crippen LogP contribution in [0.4, 0.5) is 4.39 Å². The van der Waals surface area contributed by atoms with Crippen molar-refractivity contribution in [2.45, 2.75) is 38.8 Å². The molecule has 0 N–H and O–H groups in total. The molecular weight excluding hydrogens is 339 g/mol. The molecule has 1 aliphatic rings. The van der Waals surface area contributed by atoms with Gasteiger partial charge in [0.05, 0.1) is 17.4 Å². The van der Waals surface area contributed by atoms with Gasteiger partial charge in [-0.3, -0.25) is 14.6 Å². The summed E-state index contributed by atoms with van der Waals surface area (Å²) in [6.07, 6.45) is 4.87. The molecule has 0 radical (unpaired) electrons. The Balaban J connectivity index is 1.57. The third kappa shape index (κ3) is 4.08. The second-order valence-electron chi connectivity index (χ2n) is 7.42. The van der Waals surface area contributed by atoms with Gasteiger partial charge >= 0.3 is 0 Å². The molecule has 1 saturated heterocycles. The topological polar surface area (TPSA) is 34.0 Å². The van der Waals surface area contributed by atoms with E-state index in [1.807, 2.05) is 30.9 Å². The van der Waals surface area contributed by atoms with Crippen LogP contribution < -0.4 is 0 Å². The molecule has 0 spiro atoms. The standard InChI is InChI=1S/C22H25FN4/c1-16-11-18(12-17-5-3-6-19(23)13-17)14-21(25-16)22-7-4-10-27(22)15-20-8-9-24-26(20)2/h3,5-6,8-9,11,13-14,22H,4,7,10,12,15H2,1-2H3/t22-/m1/s1. The van der Waals surface area contributed by atoms with Gasteiger partial charge in [0, 0.05) is 25.5 Å². The van der Waals surface area contributed by atoms with Crippen molar-refractivity contribution in [2.24, 2.45) is 7.05 Å². The molecule has 0 aliphatic carbocycles. The summed E-state index contributed by atoms with van der Waals surface area (Å²) in [6, 6.07) is 13.6. The molecule has 4 rings (SSSR count). The largest absolute Gasteiger partial charge is 0.289 e. The molecule has 2 aromatic heterocycles. The Morgan fingerprint density at radius 3 is 2.81 bits per heavy atom. The summed E-state index contributed by atoms with van der Waals surface area (Å²) >= 11 is 0. The average molecular weight is 364 g/mol. The Kier molecular flexibility index (Phi) is 5.03. The van der Waals surface area contributed by atoms with Crippen LogP contribution in [-0.2, 0) is 20.0 Å². The first-order chi connectivity index (χ1) is 13.1. The average Bonchev–Trinajstić information content (AvgIpc) is 3.24. The minimum absolute atomic E-state index is 0.184. The minimum atomic E-state index is -0.184. The van der Waals surface area contributed by atoms with Gasteiger partial charge in [0.15, 0.2) is 0 Å². The van der Waals surface area contributed by atoms with E-state index in [2.05, 4.69) is 28.2 Å². The number of hydrogen-bond donors (Lipinski definition) is 0. The first-order valence-electron chi connectivity index (χ1n) is 9.51. The lowest BCUT2D eigenvalue weighted by Gasteiger charge is -2.24. The quantitative estimate of drug-likeness (QED) is 0.681. The maximum absolute atomic E-state index is 13.5. The number of likely N-dealkylation sites (tertiary alicyclic amines) is 1. The van der Waals surface area contributed by atoms with Gasteiger partial charge in [-0.25, -0.2) is 4.39 Å². The van der Waals surface area contributed by atoms with Crippen LogP contribution in [0.5, 0.6) is 0 Å². The molecule has 1 fully saturated rings. The molecule has 140 valence electrons. The molecule has 0 saturated carbocycles. The van der Waals surface area contributed by atoms with Crippen LogP contribution in [0.3, 0.4) is 0 Å². The number of pyridine rings is 1. The number of hydrogen-bond acceptors (Lipinski definition) is 3. The van der Waals surface area contributed by atoms with Crippen LogP contribution in [0.1, 0.15) is 47.1 Å². The second-order valence-corrected chi connectivity index (χ2v) is 7.42.